The Hall–Kier alpha value is -1.34. The Kier molecular flexibility index (Phi) is 8.18. The summed E-state index contributed by atoms with van der Waals surface area (Å²) in [6, 6.07) is -0.545. The van der Waals surface area contributed by atoms with E-state index in [0.717, 1.165) is 12.8 Å². The number of carboxylic acid groups (broad SMARTS) is 1. The van der Waals surface area contributed by atoms with E-state index in [4.69, 9.17) is 16.6 Å². The van der Waals surface area contributed by atoms with Crippen LogP contribution in [0.15, 0.2) is 0 Å². The summed E-state index contributed by atoms with van der Waals surface area (Å²) in [5.41, 5.74) is 10.9. The molecule has 0 saturated carbocycles. The lowest BCUT2D eigenvalue weighted by Crippen LogP contribution is -2.43. The quantitative estimate of drug-likeness (QED) is 0.336. The molecule has 0 spiro atoms. The highest BCUT2D eigenvalue weighted by Crippen LogP contribution is 1.97. The predicted octanol–water partition coefficient (Wildman–Crippen LogP) is -1.17. The number of unbranched alkanes of at least 4 members (excludes halogenated alkanes) is 1. The van der Waals surface area contributed by atoms with Gasteiger partial charge in [-0.25, -0.2) is 4.79 Å². The summed E-state index contributed by atoms with van der Waals surface area (Å²) in [4.78, 5) is 21.4. The van der Waals surface area contributed by atoms with Gasteiger partial charge < -0.3 is 27.2 Å². The maximum Gasteiger partial charge on any atom is 0.404 e. The molecule has 7 N–H and O–H groups in total. The molecular weight excluding hydrogens is 212 g/mol. The van der Waals surface area contributed by atoms with Crippen molar-refractivity contribution in [2.75, 3.05) is 19.6 Å². The topological polar surface area (TPSA) is 130 Å². The summed E-state index contributed by atoms with van der Waals surface area (Å²) in [7, 11) is 0. The lowest BCUT2D eigenvalue weighted by atomic mass is 10.1. The molecule has 0 fully saturated rings. The van der Waals surface area contributed by atoms with E-state index in [1.54, 1.807) is 0 Å². The zero-order valence-electron chi connectivity index (χ0n) is 9.24. The third-order valence-electron chi connectivity index (χ3n) is 2.01. The van der Waals surface area contributed by atoms with Crippen molar-refractivity contribution in [2.45, 2.75) is 25.3 Å². The van der Waals surface area contributed by atoms with Crippen LogP contribution in [0.4, 0.5) is 4.79 Å². The molecular formula is C9H20N4O3. The Morgan fingerprint density at radius 2 is 1.81 bits per heavy atom. The summed E-state index contributed by atoms with van der Waals surface area (Å²) in [5, 5.41) is 13.0. The number of nitrogens with two attached hydrogens (primary N) is 2. The van der Waals surface area contributed by atoms with E-state index in [1.807, 2.05) is 0 Å². The van der Waals surface area contributed by atoms with Crippen molar-refractivity contribution in [3.8, 4) is 0 Å². The highest BCUT2D eigenvalue weighted by molar-refractivity contribution is 5.81. The zero-order chi connectivity index (χ0) is 12.4. The fourth-order valence-electron chi connectivity index (χ4n) is 1.13. The van der Waals surface area contributed by atoms with Gasteiger partial charge in [-0.1, -0.05) is 6.42 Å². The van der Waals surface area contributed by atoms with Gasteiger partial charge in [0.25, 0.3) is 0 Å². The first kappa shape index (κ1) is 14.7. The second-order valence-corrected chi connectivity index (χ2v) is 3.41. The first-order chi connectivity index (χ1) is 7.57. The largest absolute Gasteiger partial charge is 0.465 e. The summed E-state index contributed by atoms with van der Waals surface area (Å²) < 4.78 is 0. The van der Waals surface area contributed by atoms with Crippen molar-refractivity contribution in [3.63, 3.8) is 0 Å². The van der Waals surface area contributed by atoms with Gasteiger partial charge in [-0.3, -0.25) is 4.79 Å². The normalized spacial score (nSPS) is 11.9. The van der Waals surface area contributed by atoms with Crippen molar-refractivity contribution in [1.29, 1.82) is 0 Å². The number of hydrogen-bond donors (Lipinski definition) is 5. The second-order valence-electron chi connectivity index (χ2n) is 3.41. The molecule has 0 saturated heterocycles. The van der Waals surface area contributed by atoms with Crippen LogP contribution in [0.1, 0.15) is 19.3 Å². The van der Waals surface area contributed by atoms with E-state index in [9.17, 15) is 9.59 Å². The monoisotopic (exact) mass is 232 g/mol. The lowest BCUT2D eigenvalue weighted by molar-refractivity contribution is -0.122. The summed E-state index contributed by atoms with van der Waals surface area (Å²) in [5.74, 6) is -0.260. The van der Waals surface area contributed by atoms with Gasteiger partial charge in [0.05, 0.1) is 6.04 Å². The van der Waals surface area contributed by atoms with Crippen molar-refractivity contribution in [2.24, 2.45) is 11.5 Å². The van der Waals surface area contributed by atoms with Gasteiger partial charge in [0.2, 0.25) is 5.91 Å². The Balaban J connectivity index is 3.51. The van der Waals surface area contributed by atoms with Crippen LogP contribution in [-0.4, -0.2) is 42.8 Å². The molecule has 0 bridgehead atoms. The molecule has 2 amide bonds. The molecule has 0 rings (SSSR count). The first-order valence-electron chi connectivity index (χ1n) is 5.28. The minimum absolute atomic E-state index is 0.177. The van der Waals surface area contributed by atoms with Gasteiger partial charge in [0.1, 0.15) is 0 Å². The number of rotatable bonds is 8. The van der Waals surface area contributed by atoms with Crippen molar-refractivity contribution in [3.05, 3.63) is 0 Å². The zero-order valence-corrected chi connectivity index (χ0v) is 9.24. The molecule has 0 aromatic rings. The first-order valence-corrected chi connectivity index (χ1v) is 5.28. The third-order valence-corrected chi connectivity index (χ3v) is 2.01. The predicted molar refractivity (Wildman–Crippen MR) is 59.9 cm³/mol. The second kappa shape index (κ2) is 8.93. The Morgan fingerprint density at radius 1 is 1.19 bits per heavy atom. The molecule has 0 aliphatic rings. The molecule has 0 aromatic carbocycles. The number of carbonyl (C=O) groups excluding carboxylic acids is 1. The van der Waals surface area contributed by atoms with Crippen LogP contribution in [0.2, 0.25) is 0 Å². The van der Waals surface area contributed by atoms with Crippen LogP contribution in [-0.2, 0) is 4.79 Å². The molecule has 7 heteroatoms. The van der Waals surface area contributed by atoms with E-state index >= 15 is 0 Å². The lowest BCUT2D eigenvalue weighted by Gasteiger charge is -2.11. The maximum atomic E-state index is 11.3. The van der Waals surface area contributed by atoms with Crippen LogP contribution in [0.5, 0.6) is 0 Å². The SMILES string of the molecule is NCCCCC(N)C(=O)NCCNC(=O)O. The fraction of sp³-hybridized carbons (Fsp3) is 0.778. The van der Waals surface area contributed by atoms with Crippen LogP contribution >= 0.6 is 0 Å². The number of hydrogen-bond acceptors (Lipinski definition) is 4. The van der Waals surface area contributed by atoms with Crippen molar-refractivity contribution in [1.82, 2.24) is 10.6 Å². The van der Waals surface area contributed by atoms with E-state index in [2.05, 4.69) is 10.6 Å². The summed E-state index contributed by atoms with van der Waals surface area (Å²) in [6.07, 6.45) is 1.15. The van der Waals surface area contributed by atoms with Gasteiger partial charge in [0.15, 0.2) is 0 Å². The Labute approximate surface area is 94.6 Å². The number of nitrogens with one attached hydrogen (secondary N) is 2. The van der Waals surface area contributed by atoms with Gasteiger partial charge >= 0.3 is 6.09 Å². The van der Waals surface area contributed by atoms with E-state index in [-0.39, 0.29) is 19.0 Å². The van der Waals surface area contributed by atoms with Crippen molar-refractivity contribution >= 4 is 12.0 Å². The minimum Gasteiger partial charge on any atom is -0.465 e. The molecule has 1 unspecified atom stereocenters. The Bertz CT molecular complexity index is 223. The standard InChI is InChI=1S/C9H20N4O3/c10-4-2-1-3-7(11)8(14)12-5-6-13-9(15)16/h7,13H,1-6,10-11H2,(H,12,14)(H,15,16). The molecule has 0 aliphatic carbocycles. The van der Waals surface area contributed by atoms with Crippen LogP contribution < -0.4 is 22.1 Å². The van der Waals surface area contributed by atoms with Crippen LogP contribution in [0, 0.1) is 0 Å². The van der Waals surface area contributed by atoms with Gasteiger partial charge in [-0.2, -0.15) is 0 Å². The van der Waals surface area contributed by atoms with Crippen LogP contribution in [0.25, 0.3) is 0 Å². The van der Waals surface area contributed by atoms with E-state index in [1.165, 1.54) is 0 Å². The molecule has 94 valence electrons. The molecule has 0 radical (unpaired) electrons. The van der Waals surface area contributed by atoms with Gasteiger partial charge in [0, 0.05) is 13.1 Å². The molecule has 16 heavy (non-hydrogen) atoms. The molecule has 1 atom stereocenters. The highest BCUT2D eigenvalue weighted by Gasteiger charge is 2.11. The fourth-order valence-corrected chi connectivity index (χ4v) is 1.13. The van der Waals surface area contributed by atoms with Gasteiger partial charge in [-0.15, -0.1) is 0 Å². The summed E-state index contributed by atoms with van der Waals surface area (Å²) >= 11 is 0. The van der Waals surface area contributed by atoms with Gasteiger partial charge in [-0.05, 0) is 19.4 Å². The van der Waals surface area contributed by atoms with Crippen LogP contribution in [0.3, 0.4) is 0 Å². The number of amides is 2. The van der Waals surface area contributed by atoms with Crippen molar-refractivity contribution < 1.29 is 14.7 Å². The molecule has 7 nitrogen and oxygen atoms in total. The average Bonchev–Trinajstić information content (AvgIpc) is 2.24. The van der Waals surface area contributed by atoms with E-state index in [0.29, 0.717) is 13.0 Å². The maximum absolute atomic E-state index is 11.3. The number of carbonyl (C=O) groups is 2. The Morgan fingerprint density at radius 3 is 2.38 bits per heavy atom. The van der Waals surface area contributed by atoms with E-state index < -0.39 is 12.1 Å². The molecule has 0 heterocycles. The highest BCUT2D eigenvalue weighted by atomic mass is 16.4. The summed E-state index contributed by atoms with van der Waals surface area (Å²) in [6.45, 7) is 1.02. The average molecular weight is 232 g/mol. The minimum atomic E-state index is -1.11. The smallest absolute Gasteiger partial charge is 0.404 e. The molecule has 0 aliphatic heterocycles. The third kappa shape index (κ3) is 8.01. The molecule has 0 aromatic heterocycles.